The lowest BCUT2D eigenvalue weighted by Crippen LogP contribution is -3.11. The predicted molar refractivity (Wildman–Crippen MR) is 97.2 cm³/mol. The molecule has 1 unspecified atom stereocenters. The first-order chi connectivity index (χ1) is 12.7. The molecule has 146 valence electrons. The largest absolute Gasteiger partial charge is 0.344 e. The molecule has 1 saturated heterocycles. The van der Waals surface area contributed by atoms with Crippen molar-refractivity contribution in [3.05, 3.63) is 35.9 Å². The van der Waals surface area contributed by atoms with Crippen molar-refractivity contribution in [3.63, 3.8) is 0 Å². The van der Waals surface area contributed by atoms with Crippen molar-refractivity contribution in [1.82, 2.24) is 20.7 Å². The molecule has 9 heteroatoms. The van der Waals surface area contributed by atoms with E-state index in [2.05, 4.69) is 10.7 Å². The van der Waals surface area contributed by atoms with Gasteiger partial charge in [-0.05, 0) is 12.0 Å². The maximum Gasteiger partial charge on any atom is 0.344 e. The number of carbonyl (C=O) groups is 4. The molecule has 0 aromatic heterocycles. The van der Waals surface area contributed by atoms with Crippen LogP contribution in [0, 0.1) is 0 Å². The summed E-state index contributed by atoms with van der Waals surface area (Å²) in [5, 5.41) is 3.42. The van der Waals surface area contributed by atoms with Crippen LogP contribution in [0.1, 0.15) is 18.9 Å². The van der Waals surface area contributed by atoms with E-state index in [1.807, 2.05) is 6.07 Å². The number of hydrogen-bond acceptors (Lipinski definition) is 4. The van der Waals surface area contributed by atoms with Crippen LogP contribution in [0.2, 0.25) is 0 Å². The van der Waals surface area contributed by atoms with Crippen molar-refractivity contribution in [2.24, 2.45) is 0 Å². The average molecular weight is 376 g/mol. The van der Waals surface area contributed by atoms with Crippen molar-refractivity contribution in [2.45, 2.75) is 18.9 Å². The molecule has 0 aliphatic carbocycles. The van der Waals surface area contributed by atoms with Crippen molar-refractivity contribution >= 4 is 23.8 Å². The zero-order chi connectivity index (χ0) is 20.2. The summed E-state index contributed by atoms with van der Waals surface area (Å²) < 4.78 is 0. The minimum Gasteiger partial charge on any atom is -0.344 e. The molecule has 1 heterocycles. The van der Waals surface area contributed by atoms with Crippen LogP contribution in [0.5, 0.6) is 0 Å². The van der Waals surface area contributed by atoms with Gasteiger partial charge in [0.15, 0.2) is 13.1 Å². The van der Waals surface area contributed by atoms with E-state index >= 15 is 0 Å². The van der Waals surface area contributed by atoms with Gasteiger partial charge in [-0.15, -0.1) is 0 Å². The first kappa shape index (κ1) is 20.4. The Labute approximate surface area is 158 Å². The normalized spacial score (nSPS) is 20.2. The highest BCUT2D eigenvalue weighted by atomic mass is 16.2. The summed E-state index contributed by atoms with van der Waals surface area (Å²) in [6.45, 7) is 1.87. The molecule has 5 amide bonds. The van der Waals surface area contributed by atoms with Gasteiger partial charge in [-0.25, -0.2) is 4.79 Å². The van der Waals surface area contributed by atoms with Crippen molar-refractivity contribution in [2.75, 3.05) is 34.2 Å². The van der Waals surface area contributed by atoms with Crippen LogP contribution in [0.3, 0.4) is 0 Å². The van der Waals surface area contributed by atoms with Gasteiger partial charge in [-0.2, -0.15) is 5.01 Å². The lowest BCUT2D eigenvalue weighted by atomic mass is 9.87. The van der Waals surface area contributed by atoms with E-state index in [4.69, 9.17) is 0 Å². The maximum absolute atomic E-state index is 12.9. The highest BCUT2D eigenvalue weighted by Crippen LogP contribution is 2.31. The number of urea groups is 1. The molecule has 2 rings (SSSR count). The summed E-state index contributed by atoms with van der Waals surface area (Å²) in [7, 11) is 4.96. The molecular formula is C18H26N5O4+. The zero-order valence-electron chi connectivity index (χ0n) is 16.0. The predicted octanol–water partition coefficient (Wildman–Crippen LogP) is -1.52. The molecule has 1 aliphatic heterocycles. The standard InChI is InChI=1S/C18H25N5O4/c1-5-18(13-9-7-6-8-10-13)16(26)23(17(27)19-18)20-14(24)11-22(4)12-15(25)21(2)3/h6-10H,5,11-12H2,1-4H3,(H,19,27)(H,20,24)/p+1/t18-/m1/s1. The monoisotopic (exact) mass is 376 g/mol. The van der Waals surface area contributed by atoms with Gasteiger partial charge in [0.25, 0.3) is 17.7 Å². The lowest BCUT2D eigenvalue weighted by Gasteiger charge is -2.25. The molecule has 0 bridgehead atoms. The van der Waals surface area contributed by atoms with Gasteiger partial charge in [-0.3, -0.25) is 19.8 Å². The van der Waals surface area contributed by atoms with Crippen molar-refractivity contribution in [1.29, 1.82) is 0 Å². The van der Waals surface area contributed by atoms with Crippen LogP contribution < -0.4 is 15.6 Å². The number of nitrogens with one attached hydrogen (secondary N) is 3. The number of carbonyl (C=O) groups excluding carboxylic acids is 4. The van der Waals surface area contributed by atoms with Crippen LogP contribution in [-0.2, 0) is 19.9 Å². The Balaban J connectivity index is 2.07. The van der Waals surface area contributed by atoms with Gasteiger partial charge in [0.05, 0.1) is 7.05 Å². The van der Waals surface area contributed by atoms with Gasteiger partial charge in [-0.1, -0.05) is 37.3 Å². The fourth-order valence-corrected chi connectivity index (χ4v) is 2.96. The number of hydrogen-bond donors (Lipinski definition) is 3. The average Bonchev–Trinajstić information content (AvgIpc) is 2.87. The number of imide groups is 1. The van der Waals surface area contributed by atoms with Crippen LogP contribution >= 0.6 is 0 Å². The zero-order valence-corrected chi connectivity index (χ0v) is 16.0. The molecule has 0 spiro atoms. The fraction of sp³-hybridized carbons (Fsp3) is 0.444. The topological polar surface area (TPSA) is 103 Å². The SMILES string of the molecule is CC[C@]1(c2ccccc2)NC(=O)N(NC(=O)C[NH+](C)CC(=O)N(C)C)C1=O. The van der Waals surface area contributed by atoms with E-state index in [9.17, 15) is 19.2 Å². The molecule has 3 N–H and O–H groups in total. The second-order valence-electron chi connectivity index (χ2n) is 6.83. The summed E-state index contributed by atoms with van der Waals surface area (Å²) in [6, 6.07) is 8.23. The highest BCUT2D eigenvalue weighted by Gasteiger charge is 2.52. The van der Waals surface area contributed by atoms with Gasteiger partial charge in [0.2, 0.25) is 0 Å². The Morgan fingerprint density at radius 2 is 1.81 bits per heavy atom. The van der Waals surface area contributed by atoms with E-state index in [0.717, 1.165) is 5.01 Å². The smallest absolute Gasteiger partial charge is 0.344 e. The summed E-state index contributed by atoms with van der Waals surface area (Å²) >= 11 is 0. The Morgan fingerprint density at radius 3 is 2.37 bits per heavy atom. The summed E-state index contributed by atoms with van der Waals surface area (Å²) in [5.41, 5.74) is 1.81. The van der Waals surface area contributed by atoms with Crippen LogP contribution in [0.25, 0.3) is 0 Å². The van der Waals surface area contributed by atoms with E-state index < -0.39 is 23.4 Å². The molecule has 1 aliphatic rings. The quantitative estimate of drug-likeness (QED) is 0.503. The van der Waals surface area contributed by atoms with E-state index in [1.54, 1.807) is 52.3 Å². The van der Waals surface area contributed by atoms with E-state index in [1.165, 1.54) is 4.90 Å². The van der Waals surface area contributed by atoms with Crippen LogP contribution in [0.4, 0.5) is 4.79 Å². The first-order valence-electron chi connectivity index (χ1n) is 8.74. The van der Waals surface area contributed by atoms with Crippen LogP contribution in [0.15, 0.2) is 30.3 Å². The molecule has 1 fully saturated rings. The maximum atomic E-state index is 12.9. The third kappa shape index (κ3) is 4.25. The van der Waals surface area contributed by atoms with Gasteiger partial charge >= 0.3 is 6.03 Å². The summed E-state index contributed by atoms with van der Waals surface area (Å²) in [6.07, 6.45) is 0.344. The number of hydrazine groups is 1. The fourth-order valence-electron chi connectivity index (χ4n) is 2.96. The summed E-state index contributed by atoms with van der Waals surface area (Å²) in [5.74, 6) is -1.18. The number of nitrogens with zero attached hydrogens (tertiary/aromatic N) is 2. The molecule has 1 aromatic carbocycles. The third-order valence-electron chi connectivity index (χ3n) is 4.54. The van der Waals surface area contributed by atoms with Gasteiger partial charge in [0.1, 0.15) is 5.54 Å². The summed E-state index contributed by atoms with van der Waals surface area (Å²) in [4.78, 5) is 51.3. The van der Waals surface area contributed by atoms with Crippen molar-refractivity contribution in [3.8, 4) is 0 Å². The number of quaternary nitrogens is 1. The van der Waals surface area contributed by atoms with Crippen LogP contribution in [-0.4, -0.2) is 67.9 Å². The molecule has 9 nitrogen and oxygen atoms in total. The minimum atomic E-state index is -1.20. The minimum absolute atomic E-state index is 0.0545. The van der Waals surface area contributed by atoms with E-state index in [-0.39, 0.29) is 19.0 Å². The lowest BCUT2D eigenvalue weighted by molar-refractivity contribution is -0.863. The highest BCUT2D eigenvalue weighted by molar-refractivity contribution is 6.08. The molecule has 0 saturated carbocycles. The third-order valence-corrected chi connectivity index (χ3v) is 4.54. The van der Waals surface area contributed by atoms with Gasteiger partial charge < -0.3 is 15.1 Å². The first-order valence-corrected chi connectivity index (χ1v) is 8.74. The second-order valence-corrected chi connectivity index (χ2v) is 6.83. The number of likely N-dealkylation sites (N-methyl/N-ethyl adjacent to an activating group) is 2. The van der Waals surface area contributed by atoms with E-state index in [0.29, 0.717) is 16.9 Å². The molecule has 27 heavy (non-hydrogen) atoms. The Kier molecular flexibility index (Phi) is 6.17. The number of benzene rings is 1. The molecule has 0 radical (unpaired) electrons. The van der Waals surface area contributed by atoms with Gasteiger partial charge in [0, 0.05) is 14.1 Å². The molecule has 2 atom stereocenters. The molecule has 1 aromatic rings. The Hall–Kier alpha value is -2.94. The Morgan fingerprint density at radius 1 is 1.19 bits per heavy atom. The molecular weight excluding hydrogens is 350 g/mol. The second kappa shape index (κ2) is 8.17. The van der Waals surface area contributed by atoms with Crippen molar-refractivity contribution < 1.29 is 24.1 Å². The Bertz CT molecular complexity index is 737. The number of rotatable bonds is 7. The number of amides is 5.